The van der Waals surface area contributed by atoms with Crippen LogP contribution in [0, 0.1) is 0 Å². The molecule has 0 amide bonds. The first-order chi connectivity index (χ1) is 5.70. The number of hydrogen-bond acceptors (Lipinski definition) is 2. The molecule has 2 nitrogen and oxygen atoms in total. The molecule has 0 aromatic heterocycles. The second kappa shape index (κ2) is 4.83. The van der Waals surface area contributed by atoms with Gasteiger partial charge in [0.05, 0.1) is 6.10 Å². The van der Waals surface area contributed by atoms with Crippen molar-refractivity contribution in [3.63, 3.8) is 0 Å². The molecule has 72 valence electrons. The molecule has 0 aliphatic carbocycles. The maximum Gasteiger partial charge on any atom is 0.0702 e. The SMILES string of the molecule is CC(C)N(C)CC1CCCCO1. The first kappa shape index (κ1) is 10.0. The fourth-order valence-electron chi connectivity index (χ4n) is 1.48. The Bertz CT molecular complexity index is 119. The van der Waals surface area contributed by atoms with Gasteiger partial charge in [0, 0.05) is 19.2 Å². The monoisotopic (exact) mass is 171 g/mol. The van der Waals surface area contributed by atoms with Crippen molar-refractivity contribution in [1.82, 2.24) is 4.90 Å². The number of nitrogens with zero attached hydrogens (tertiary/aromatic N) is 1. The van der Waals surface area contributed by atoms with Crippen LogP contribution in [0.1, 0.15) is 33.1 Å². The van der Waals surface area contributed by atoms with Crippen LogP contribution < -0.4 is 0 Å². The Balaban J connectivity index is 2.20. The van der Waals surface area contributed by atoms with Gasteiger partial charge in [-0.2, -0.15) is 0 Å². The summed E-state index contributed by atoms with van der Waals surface area (Å²) in [5, 5.41) is 0. The third-order valence-corrected chi connectivity index (χ3v) is 2.65. The van der Waals surface area contributed by atoms with Crippen molar-refractivity contribution in [3.8, 4) is 0 Å². The maximum atomic E-state index is 5.66. The molecule has 1 aliphatic heterocycles. The average molecular weight is 171 g/mol. The number of ether oxygens (including phenoxy) is 1. The lowest BCUT2D eigenvalue weighted by molar-refractivity contribution is -0.00584. The number of rotatable bonds is 3. The summed E-state index contributed by atoms with van der Waals surface area (Å²) in [5.74, 6) is 0. The van der Waals surface area contributed by atoms with Gasteiger partial charge in [-0.1, -0.05) is 0 Å². The fourth-order valence-corrected chi connectivity index (χ4v) is 1.48. The summed E-state index contributed by atoms with van der Waals surface area (Å²) < 4.78 is 5.66. The van der Waals surface area contributed by atoms with E-state index in [2.05, 4.69) is 25.8 Å². The highest BCUT2D eigenvalue weighted by atomic mass is 16.5. The Morgan fingerprint density at radius 1 is 1.42 bits per heavy atom. The molecular weight excluding hydrogens is 150 g/mol. The lowest BCUT2D eigenvalue weighted by atomic mass is 10.1. The molecule has 0 aromatic rings. The lowest BCUT2D eigenvalue weighted by Gasteiger charge is -2.29. The predicted octanol–water partition coefficient (Wildman–Crippen LogP) is 1.90. The van der Waals surface area contributed by atoms with Gasteiger partial charge in [-0.15, -0.1) is 0 Å². The zero-order valence-electron chi connectivity index (χ0n) is 8.55. The zero-order chi connectivity index (χ0) is 8.97. The molecule has 0 spiro atoms. The summed E-state index contributed by atoms with van der Waals surface area (Å²) in [6.07, 6.45) is 4.33. The second-order valence-corrected chi connectivity index (χ2v) is 4.02. The van der Waals surface area contributed by atoms with Crippen LogP contribution in [0.4, 0.5) is 0 Å². The van der Waals surface area contributed by atoms with Crippen LogP contribution in [0.2, 0.25) is 0 Å². The van der Waals surface area contributed by atoms with Gasteiger partial charge >= 0.3 is 0 Å². The van der Waals surface area contributed by atoms with Crippen molar-refractivity contribution in [2.45, 2.75) is 45.3 Å². The third-order valence-electron chi connectivity index (χ3n) is 2.65. The van der Waals surface area contributed by atoms with Gasteiger partial charge in [0.15, 0.2) is 0 Å². The molecule has 1 heterocycles. The topological polar surface area (TPSA) is 12.5 Å². The molecule has 1 saturated heterocycles. The largest absolute Gasteiger partial charge is 0.377 e. The van der Waals surface area contributed by atoms with Crippen molar-refractivity contribution in [1.29, 1.82) is 0 Å². The van der Waals surface area contributed by atoms with Gasteiger partial charge in [0.25, 0.3) is 0 Å². The summed E-state index contributed by atoms with van der Waals surface area (Å²) in [4.78, 5) is 2.36. The smallest absolute Gasteiger partial charge is 0.0702 e. The highest BCUT2D eigenvalue weighted by Gasteiger charge is 2.16. The van der Waals surface area contributed by atoms with E-state index in [-0.39, 0.29) is 0 Å². The van der Waals surface area contributed by atoms with Crippen LogP contribution >= 0.6 is 0 Å². The van der Waals surface area contributed by atoms with Crippen molar-refractivity contribution in [2.75, 3.05) is 20.2 Å². The van der Waals surface area contributed by atoms with Gasteiger partial charge in [-0.25, -0.2) is 0 Å². The normalized spacial score (nSPS) is 25.2. The summed E-state index contributed by atoms with van der Waals surface area (Å²) in [6.45, 7) is 6.51. The molecule has 0 saturated carbocycles. The average Bonchev–Trinajstić information content (AvgIpc) is 2.06. The minimum atomic E-state index is 0.492. The van der Waals surface area contributed by atoms with Gasteiger partial charge < -0.3 is 9.64 Å². The van der Waals surface area contributed by atoms with E-state index in [1.807, 2.05) is 0 Å². The van der Waals surface area contributed by atoms with Crippen LogP contribution in [0.25, 0.3) is 0 Å². The Kier molecular flexibility index (Phi) is 4.02. The molecule has 0 radical (unpaired) electrons. The second-order valence-electron chi connectivity index (χ2n) is 4.02. The van der Waals surface area contributed by atoms with Crippen molar-refractivity contribution < 1.29 is 4.74 Å². The highest BCUT2D eigenvalue weighted by Crippen LogP contribution is 2.13. The third kappa shape index (κ3) is 3.11. The number of likely N-dealkylation sites (N-methyl/N-ethyl adjacent to an activating group) is 1. The molecule has 12 heavy (non-hydrogen) atoms. The Hall–Kier alpha value is -0.0800. The van der Waals surface area contributed by atoms with Gasteiger partial charge in [-0.3, -0.25) is 0 Å². The molecule has 0 N–H and O–H groups in total. The Morgan fingerprint density at radius 3 is 2.67 bits per heavy atom. The minimum absolute atomic E-state index is 0.492. The fraction of sp³-hybridized carbons (Fsp3) is 1.00. The molecular formula is C10H21NO. The van der Waals surface area contributed by atoms with E-state index in [1.165, 1.54) is 19.3 Å². The Labute approximate surface area is 75.9 Å². The summed E-state index contributed by atoms with van der Waals surface area (Å²) in [6, 6.07) is 0.635. The van der Waals surface area contributed by atoms with E-state index in [0.29, 0.717) is 12.1 Å². The van der Waals surface area contributed by atoms with E-state index in [1.54, 1.807) is 0 Å². The summed E-state index contributed by atoms with van der Waals surface area (Å²) in [7, 11) is 2.17. The molecule has 2 heteroatoms. The first-order valence-corrected chi connectivity index (χ1v) is 5.02. The maximum absolute atomic E-state index is 5.66. The predicted molar refractivity (Wildman–Crippen MR) is 51.4 cm³/mol. The van der Waals surface area contributed by atoms with Crippen LogP contribution in [-0.2, 0) is 4.74 Å². The van der Waals surface area contributed by atoms with Crippen LogP contribution in [0.5, 0.6) is 0 Å². The standard InChI is InChI=1S/C10H21NO/c1-9(2)11(3)8-10-6-4-5-7-12-10/h9-10H,4-8H2,1-3H3. The Morgan fingerprint density at radius 2 is 2.17 bits per heavy atom. The lowest BCUT2D eigenvalue weighted by Crippen LogP contribution is -2.37. The van der Waals surface area contributed by atoms with E-state index < -0.39 is 0 Å². The van der Waals surface area contributed by atoms with Crippen molar-refractivity contribution >= 4 is 0 Å². The molecule has 1 aliphatic rings. The molecule has 1 unspecified atom stereocenters. The summed E-state index contributed by atoms with van der Waals surface area (Å²) >= 11 is 0. The quantitative estimate of drug-likeness (QED) is 0.643. The molecule has 1 atom stereocenters. The summed E-state index contributed by atoms with van der Waals surface area (Å²) in [5.41, 5.74) is 0. The molecule has 1 fully saturated rings. The zero-order valence-corrected chi connectivity index (χ0v) is 8.55. The minimum Gasteiger partial charge on any atom is -0.377 e. The van der Waals surface area contributed by atoms with E-state index in [4.69, 9.17) is 4.74 Å². The molecule has 0 aromatic carbocycles. The van der Waals surface area contributed by atoms with Gasteiger partial charge in [-0.05, 0) is 40.2 Å². The number of hydrogen-bond donors (Lipinski definition) is 0. The van der Waals surface area contributed by atoms with Crippen LogP contribution in [-0.4, -0.2) is 37.2 Å². The first-order valence-electron chi connectivity index (χ1n) is 5.02. The van der Waals surface area contributed by atoms with E-state index in [9.17, 15) is 0 Å². The van der Waals surface area contributed by atoms with Crippen molar-refractivity contribution in [2.24, 2.45) is 0 Å². The van der Waals surface area contributed by atoms with Gasteiger partial charge in [0.1, 0.15) is 0 Å². The van der Waals surface area contributed by atoms with E-state index >= 15 is 0 Å². The molecule has 0 bridgehead atoms. The molecule has 1 rings (SSSR count). The van der Waals surface area contributed by atoms with Crippen LogP contribution in [0.3, 0.4) is 0 Å². The highest BCUT2D eigenvalue weighted by molar-refractivity contribution is 4.69. The van der Waals surface area contributed by atoms with E-state index in [0.717, 1.165) is 13.2 Å². The van der Waals surface area contributed by atoms with Gasteiger partial charge in [0.2, 0.25) is 0 Å². The van der Waals surface area contributed by atoms with Crippen LogP contribution in [0.15, 0.2) is 0 Å². The van der Waals surface area contributed by atoms with Crippen molar-refractivity contribution in [3.05, 3.63) is 0 Å².